The third kappa shape index (κ3) is 4.92. The monoisotopic (exact) mass is 503 g/mol. The highest BCUT2D eigenvalue weighted by Crippen LogP contribution is 2.41. The van der Waals surface area contributed by atoms with Gasteiger partial charge < -0.3 is 19.5 Å². The van der Waals surface area contributed by atoms with Crippen LogP contribution in [0, 0.1) is 27.7 Å². The van der Waals surface area contributed by atoms with E-state index >= 15 is 0 Å². The molecule has 2 aromatic heterocycles. The van der Waals surface area contributed by atoms with Gasteiger partial charge in [0.1, 0.15) is 0 Å². The normalized spacial score (nSPS) is 20.7. The highest BCUT2D eigenvalue weighted by Gasteiger charge is 2.41. The molecule has 2 aliphatic heterocycles. The Labute approximate surface area is 220 Å². The molecule has 2 aliphatic rings. The lowest BCUT2D eigenvalue weighted by Gasteiger charge is -2.30. The third-order valence-corrected chi connectivity index (χ3v) is 7.92. The van der Waals surface area contributed by atoms with Crippen molar-refractivity contribution in [3.8, 4) is 5.69 Å². The summed E-state index contributed by atoms with van der Waals surface area (Å²) >= 11 is 5.93. The second-order valence-corrected chi connectivity index (χ2v) is 10.5. The predicted octanol–water partition coefficient (Wildman–Crippen LogP) is 4.80. The number of ether oxygens (including phenoxy) is 1. The Morgan fingerprint density at radius 3 is 2.58 bits per heavy atom. The summed E-state index contributed by atoms with van der Waals surface area (Å²) in [5, 5.41) is 4.44. The summed E-state index contributed by atoms with van der Waals surface area (Å²) in [6.07, 6.45) is 2.93. The highest BCUT2D eigenvalue weighted by molar-refractivity contribution is 7.80. The van der Waals surface area contributed by atoms with Crippen LogP contribution in [0.5, 0.6) is 0 Å². The number of nitrogens with zero attached hydrogens (tertiary/aromatic N) is 4. The Kier molecular flexibility index (Phi) is 7.42. The molecule has 0 unspecified atom stereocenters. The van der Waals surface area contributed by atoms with E-state index in [0.29, 0.717) is 0 Å². The van der Waals surface area contributed by atoms with Crippen LogP contribution in [0.2, 0.25) is 0 Å². The smallest absolute Gasteiger partial charge is 0.170 e. The van der Waals surface area contributed by atoms with Crippen LogP contribution in [0.25, 0.3) is 5.69 Å². The molecule has 3 aromatic rings. The Balaban J connectivity index is 1.50. The second-order valence-electron chi connectivity index (χ2n) is 10.1. The molecule has 2 fully saturated rings. The number of hydrogen-bond donors (Lipinski definition) is 1. The van der Waals surface area contributed by atoms with E-state index in [1.165, 1.54) is 33.8 Å². The van der Waals surface area contributed by atoms with Crippen LogP contribution < -0.4 is 5.32 Å². The maximum Gasteiger partial charge on any atom is 0.170 e. The Hall–Kier alpha value is -2.74. The molecule has 0 radical (unpaired) electrons. The minimum absolute atomic E-state index is 0.00893. The molecule has 4 heterocycles. The lowest BCUT2D eigenvalue weighted by molar-refractivity contribution is 0.0365. The van der Waals surface area contributed by atoms with Crippen LogP contribution in [-0.4, -0.2) is 63.9 Å². The molecule has 0 amide bonds. The second kappa shape index (κ2) is 10.7. The Morgan fingerprint density at radius 1 is 1.03 bits per heavy atom. The van der Waals surface area contributed by atoms with Gasteiger partial charge in [0.15, 0.2) is 5.11 Å². The number of aryl methyl sites for hydroxylation is 3. The van der Waals surface area contributed by atoms with Crippen LogP contribution in [0.15, 0.2) is 48.7 Å². The van der Waals surface area contributed by atoms with Gasteiger partial charge in [-0.1, -0.05) is 18.2 Å². The molecular weight excluding hydrogens is 466 g/mol. The fourth-order valence-corrected chi connectivity index (χ4v) is 6.02. The van der Waals surface area contributed by atoms with E-state index in [9.17, 15) is 0 Å². The van der Waals surface area contributed by atoms with Gasteiger partial charge >= 0.3 is 0 Å². The van der Waals surface area contributed by atoms with Gasteiger partial charge in [0.05, 0.1) is 31.0 Å². The van der Waals surface area contributed by atoms with E-state index in [4.69, 9.17) is 21.9 Å². The van der Waals surface area contributed by atoms with Crippen LogP contribution >= 0.6 is 12.2 Å². The van der Waals surface area contributed by atoms with Crippen LogP contribution in [0.4, 0.5) is 0 Å². The average Bonchev–Trinajstić information content (AvgIpc) is 3.36. The maximum absolute atomic E-state index is 5.93. The van der Waals surface area contributed by atoms with Gasteiger partial charge in [0.25, 0.3) is 0 Å². The van der Waals surface area contributed by atoms with E-state index in [0.717, 1.165) is 56.6 Å². The molecular formula is C29H37N5OS. The fraction of sp³-hybridized carbons (Fsp3) is 0.448. The van der Waals surface area contributed by atoms with Gasteiger partial charge in [0.2, 0.25) is 0 Å². The zero-order chi connectivity index (χ0) is 25.2. The topological polar surface area (TPSA) is 45.6 Å². The first-order chi connectivity index (χ1) is 17.4. The first-order valence-electron chi connectivity index (χ1n) is 13.0. The molecule has 1 aromatic carbocycles. The average molecular weight is 504 g/mol. The number of benzene rings is 1. The summed E-state index contributed by atoms with van der Waals surface area (Å²) in [5.41, 5.74) is 8.62. The molecule has 1 N–H and O–H groups in total. The summed E-state index contributed by atoms with van der Waals surface area (Å²) in [6.45, 7) is 14.5. The number of nitrogens with one attached hydrogen (secondary N) is 1. The quantitative estimate of drug-likeness (QED) is 0.468. The van der Waals surface area contributed by atoms with Gasteiger partial charge in [-0.05, 0) is 87.3 Å². The van der Waals surface area contributed by atoms with Crippen molar-refractivity contribution >= 4 is 17.3 Å². The van der Waals surface area contributed by atoms with Crippen molar-refractivity contribution in [2.24, 2.45) is 0 Å². The number of hydrogen-bond acceptors (Lipinski definition) is 4. The predicted molar refractivity (Wildman–Crippen MR) is 149 cm³/mol. The van der Waals surface area contributed by atoms with E-state index in [-0.39, 0.29) is 12.1 Å². The standard InChI is InChI=1S/C29H37N5OS/c1-20-9-10-21(2)26(18-20)34-22(3)19-24(23(34)4)28-27(25-8-5-6-11-30-25)31-29(36)33(28)13-7-12-32-14-16-35-17-15-32/h5-6,8-11,18-19,27-28H,7,12-17H2,1-4H3,(H,31,36)/t27-,28-/m0/s1. The van der Waals surface area contributed by atoms with Gasteiger partial charge in [-0.3, -0.25) is 9.88 Å². The number of pyridine rings is 1. The molecule has 190 valence electrons. The molecule has 0 aliphatic carbocycles. The number of morpholine rings is 1. The SMILES string of the molecule is Cc1ccc(C)c(-n2c(C)cc([C@H]3[C@H](c4ccccn4)NC(=S)N3CCCN3CCOCC3)c2C)c1. The zero-order valence-electron chi connectivity index (χ0n) is 21.8. The largest absolute Gasteiger partial charge is 0.379 e. The molecule has 2 saturated heterocycles. The zero-order valence-corrected chi connectivity index (χ0v) is 22.6. The van der Waals surface area contributed by atoms with Crippen molar-refractivity contribution < 1.29 is 4.74 Å². The first-order valence-corrected chi connectivity index (χ1v) is 13.4. The summed E-state index contributed by atoms with van der Waals surface area (Å²) in [5.74, 6) is 0. The van der Waals surface area contributed by atoms with Gasteiger partial charge in [-0.15, -0.1) is 0 Å². The van der Waals surface area contributed by atoms with Crippen LogP contribution in [-0.2, 0) is 4.74 Å². The van der Waals surface area contributed by atoms with E-state index in [2.05, 4.69) is 83.8 Å². The number of thiocarbonyl (C=S) groups is 1. The van der Waals surface area contributed by atoms with Gasteiger partial charge in [0, 0.05) is 49.5 Å². The molecule has 36 heavy (non-hydrogen) atoms. The first kappa shape index (κ1) is 24.9. The molecule has 5 rings (SSSR count). The van der Waals surface area contributed by atoms with Crippen molar-refractivity contribution in [1.82, 2.24) is 24.7 Å². The van der Waals surface area contributed by atoms with Crippen LogP contribution in [0.3, 0.4) is 0 Å². The van der Waals surface area contributed by atoms with Crippen molar-refractivity contribution in [3.63, 3.8) is 0 Å². The number of aromatic nitrogens is 2. The van der Waals surface area contributed by atoms with Gasteiger partial charge in [-0.25, -0.2) is 0 Å². The molecule has 0 bridgehead atoms. The minimum Gasteiger partial charge on any atom is -0.379 e. The minimum atomic E-state index is 0.00893. The molecule has 0 spiro atoms. The van der Waals surface area contributed by atoms with Crippen molar-refractivity contribution in [1.29, 1.82) is 0 Å². The summed E-state index contributed by atoms with van der Waals surface area (Å²) < 4.78 is 7.92. The number of rotatable bonds is 7. The Bertz CT molecular complexity index is 1220. The fourth-order valence-electron chi connectivity index (χ4n) is 5.69. The van der Waals surface area contributed by atoms with E-state index < -0.39 is 0 Å². The molecule has 6 nitrogen and oxygen atoms in total. The van der Waals surface area contributed by atoms with E-state index in [1.807, 2.05) is 12.3 Å². The summed E-state index contributed by atoms with van der Waals surface area (Å²) in [6, 6.07) is 15.3. The van der Waals surface area contributed by atoms with Gasteiger partial charge in [-0.2, -0.15) is 0 Å². The van der Waals surface area contributed by atoms with Crippen molar-refractivity contribution in [2.45, 2.75) is 46.2 Å². The van der Waals surface area contributed by atoms with E-state index in [1.54, 1.807) is 0 Å². The lowest BCUT2D eigenvalue weighted by atomic mass is 9.96. The lowest BCUT2D eigenvalue weighted by Crippen LogP contribution is -2.39. The van der Waals surface area contributed by atoms with Crippen molar-refractivity contribution in [2.75, 3.05) is 39.4 Å². The molecule has 0 saturated carbocycles. The van der Waals surface area contributed by atoms with Crippen LogP contribution in [0.1, 0.15) is 52.3 Å². The molecule has 2 atom stereocenters. The van der Waals surface area contributed by atoms with Crippen molar-refractivity contribution in [3.05, 3.63) is 82.4 Å². The Morgan fingerprint density at radius 2 is 1.83 bits per heavy atom. The third-order valence-electron chi connectivity index (χ3n) is 7.57. The summed E-state index contributed by atoms with van der Waals surface area (Å²) in [7, 11) is 0. The maximum atomic E-state index is 5.93. The summed E-state index contributed by atoms with van der Waals surface area (Å²) in [4.78, 5) is 9.61. The highest BCUT2D eigenvalue weighted by atomic mass is 32.1. The molecule has 7 heteroatoms.